The van der Waals surface area contributed by atoms with Crippen molar-refractivity contribution < 1.29 is 0 Å². The summed E-state index contributed by atoms with van der Waals surface area (Å²) in [6.45, 7) is 3.17. The summed E-state index contributed by atoms with van der Waals surface area (Å²) >= 11 is 0. The molecule has 141 heavy (non-hydrogen) atoms. The molecular weight excluding hydrogens is 1710 g/mol. The minimum Gasteiger partial charge on any atom is -0.341 e. The van der Waals surface area contributed by atoms with Gasteiger partial charge in [0.25, 0.3) is 0 Å². The highest BCUT2D eigenvalue weighted by Gasteiger charge is 2.27. The lowest BCUT2D eigenvalue weighted by molar-refractivity contribution is 0.827. The minimum atomic E-state index is 0.948. The molecule has 0 aliphatic carbocycles. The Morgan fingerprint density at radius 3 is 0.716 bits per heavy atom. The van der Waals surface area contributed by atoms with E-state index in [2.05, 4.69) is 467 Å². The molecule has 0 amide bonds. The van der Waals surface area contributed by atoms with Crippen molar-refractivity contribution in [1.82, 2.24) is 33.6 Å². The van der Waals surface area contributed by atoms with Crippen LogP contribution in [0.25, 0.3) is 274 Å². The van der Waals surface area contributed by atoms with Gasteiger partial charge in [0.05, 0.1) is 33.1 Å². The average molecular weight is 1800 g/mol. The molecule has 7 aromatic heterocycles. The van der Waals surface area contributed by atoms with Gasteiger partial charge in [0, 0.05) is 131 Å². The van der Waals surface area contributed by atoms with Crippen molar-refractivity contribution in [3.05, 3.63) is 498 Å². The number of pyridine rings is 4. The number of aromatic nitrogens is 7. The summed E-state index contributed by atoms with van der Waals surface area (Å²) in [5, 5.41) is 29.6. The largest absolute Gasteiger partial charge is 0.341 e. The number of nitrogens with zero attached hydrogens (tertiary/aromatic N) is 7. The van der Waals surface area contributed by atoms with Crippen molar-refractivity contribution >= 4 is 173 Å². The zero-order valence-corrected chi connectivity index (χ0v) is 77.2. The van der Waals surface area contributed by atoms with Crippen LogP contribution < -0.4 is 0 Å². The quantitative estimate of drug-likeness (QED) is 0.121. The number of hydrogen-bond acceptors (Lipinski definition) is 4. The van der Waals surface area contributed by atoms with Crippen LogP contribution in [0.1, 0.15) is 6.92 Å². The van der Waals surface area contributed by atoms with Crippen LogP contribution in [0, 0.1) is 0 Å². The molecule has 0 spiro atoms. The lowest BCUT2D eigenvalue weighted by Gasteiger charge is -2.18. The highest BCUT2D eigenvalue weighted by molar-refractivity contribution is 6.28. The van der Waals surface area contributed by atoms with Crippen molar-refractivity contribution in [3.8, 4) is 100 Å². The summed E-state index contributed by atoms with van der Waals surface area (Å²) in [7, 11) is 0. The van der Waals surface area contributed by atoms with Gasteiger partial charge < -0.3 is 13.7 Å². The zero-order valence-electron chi connectivity index (χ0n) is 77.2. The Balaban J connectivity index is 0.000000109. The average Bonchev–Trinajstić information content (AvgIpc) is 1.57. The first kappa shape index (κ1) is 81.9. The van der Waals surface area contributed by atoms with E-state index >= 15 is 0 Å². The van der Waals surface area contributed by atoms with Gasteiger partial charge in [0.1, 0.15) is 0 Å². The first-order valence-corrected chi connectivity index (χ1v) is 48.5. The minimum absolute atomic E-state index is 0.948. The third-order valence-corrected chi connectivity index (χ3v) is 29.1. The molecule has 7 heterocycles. The fourth-order valence-electron chi connectivity index (χ4n) is 23.2. The first-order chi connectivity index (χ1) is 70.0. The second-order valence-corrected chi connectivity index (χ2v) is 36.7. The highest BCUT2D eigenvalue weighted by atomic mass is 15.0. The first-order valence-electron chi connectivity index (χ1n) is 48.5. The summed E-state index contributed by atoms with van der Waals surface area (Å²) in [4.78, 5) is 18.7. The number of fused-ring (bicyclic) bond motifs is 19. The van der Waals surface area contributed by atoms with E-state index in [4.69, 9.17) is 9.97 Å². The van der Waals surface area contributed by atoms with Crippen molar-refractivity contribution in [2.75, 3.05) is 0 Å². The van der Waals surface area contributed by atoms with E-state index in [1.54, 1.807) is 0 Å². The van der Waals surface area contributed by atoms with E-state index in [0.29, 0.717) is 0 Å². The summed E-state index contributed by atoms with van der Waals surface area (Å²) in [5.74, 6) is 0. The smallest absolute Gasteiger partial charge is 0.0702 e. The summed E-state index contributed by atoms with van der Waals surface area (Å²) < 4.78 is 7.21. The Morgan fingerprint density at radius 1 is 0.170 bits per heavy atom. The molecule has 7 heteroatoms. The molecular formula is C134H87N7. The number of benzene rings is 22. The van der Waals surface area contributed by atoms with Crippen LogP contribution in [-0.4, -0.2) is 33.6 Å². The molecule has 22 aromatic carbocycles. The third-order valence-electron chi connectivity index (χ3n) is 29.1. The Labute approximate surface area is 813 Å². The van der Waals surface area contributed by atoms with Crippen LogP contribution in [0.2, 0.25) is 0 Å². The van der Waals surface area contributed by atoms with Gasteiger partial charge in [-0.15, -0.1) is 0 Å². The molecule has 29 aromatic rings. The Bertz CT molecular complexity index is 9670. The Kier molecular flexibility index (Phi) is 19.8. The van der Waals surface area contributed by atoms with Crippen LogP contribution in [0.4, 0.5) is 0 Å². The van der Waals surface area contributed by atoms with Gasteiger partial charge in [-0.3, -0.25) is 19.9 Å². The predicted molar refractivity (Wildman–Crippen MR) is 596 cm³/mol. The maximum Gasteiger partial charge on any atom is 0.0702 e. The van der Waals surface area contributed by atoms with Gasteiger partial charge in [-0.2, -0.15) is 0 Å². The van der Waals surface area contributed by atoms with Crippen LogP contribution in [0.5, 0.6) is 0 Å². The second kappa shape index (κ2) is 34.1. The van der Waals surface area contributed by atoms with Gasteiger partial charge in [-0.1, -0.05) is 340 Å². The topological polar surface area (TPSA) is 66.3 Å². The molecule has 0 aliphatic rings. The normalized spacial score (nSPS) is 11.8. The SMILES string of the molecule is CCn1c2ccccc2c2cc(-c3c4ccccc4c(-c4cnc5ccccc5c4)c4ccccc34)ccc21.c1ccc(-n2c3ccc(-c4c5ccccc5c(-c5cccnc5)c5ccccc45)cc3c3cc(-c4c5ccccc5c(-c5cccnc5)c5ccccc45)ccc32)cc1.c1ccc(-n2c3ccccc3c3cc(-c4c5ccccc5c(-c5cnc6ccccc6c5)c5ccccc45)ccc32)cc1. The van der Waals surface area contributed by atoms with Crippen LogP contribution in [-0.2, 0) is 6.54 Å². The molecule has 658 valence electrons. The molecule has 0 saturated heterocycles. The lowest BCUT2D eigenvalue weighted by Crippen LogP contribution is -1.94. The van der Waals surface area contributed by atoms with Crippen LogP contribution in [0.15, 0.2) is 498 Å². The molecule has 0 fully saturated rings. The monoisotopic (exact) mass is 1790 g/mol. The number of aryl methyl sites for hydroxylation is 1. The molecule has 0 saturated carbocycles. The zero-order chi connectivity index (χ0) is 93.1. The maximum absolute atomic E-state index is 4.84. The number of hydrogen-bond donors (Lipinski definition) is 0. The van der Waals surface area contributed by atoms with Crippen molar-refractivity contribution in [3.63, 3.8) is 0 Å². The Morgan fingerprint density at radius 2 is 0.404 bits per heavy atom. The predicted octanol–water partition coefficient (Wildman–Crippen LogP) is 35.8. The maximum atomic E-state index is 4.84. The molecule has 0 bridgehead atoms. The van der Waals surface area contributed by atoms with E-state index in [1.165, 1.54) is 224 Å². The van der Waals surface area contributed by atoms with Crippen molar-refractivity contribution in [2.24, 2.45) is 0 Å². The van der Waals surface area contributed by atoms with Crippen molar-refractivity contribution in [1.29, 1.82) is 0 Å². The molecule has 0 radical (unpaired) electrons. The summed E-state index contributed by atoms with van der Waals surface area (Å²) in [6.07, 6.45) is 11.7. The standard InChI is InChI=1S/C56H35N3.C41H26N2.C37H26N2/c1-2-16-40(17-3-1)59-51-28-26-36(53-41-18-4-8-22-45(41)55(38-14-12-30-57-34-38)46-23-9-5-19-42(46)53)32-49(51)50-33-37(27-29-52(50)59)54-43-20-6-10-24-47(43)56(39-15-13-31-58-35-39)48-25-11-7-21-44(48)54;1-2-13-30(14-3-1)43-38-21-11-9-15-31(38)36-25-28(22-23-39(36)43)40-32-16-5-7-18-34(32)41(35-19-8-6-17-33(35)40)29-24-27-12-4-10-20-37(27)42-26-29;1-2-39-34-18-10-8-12-27(34)32-22-25(19-20-35(32)39)36-28-13-4-6-15-30(28)37(31-16-7-5-14-29(31)36)26-21-24-11-3-9-17-33(24)38-23-26/h1-35H;1-26H;3-23H,2H2,1H3. The molecule has 0 aliphatic heterocycles. The van der Waals surface area contributed by atoms with Gasteiger partial charge in [0.2, 0.25) is 0 Å². The fraction of sp³-hybridized carbons (Fsp3) is 0.0149. The van der Waals surface area contributed by atoms with E-state index in [0.717, 1.165) is 56.3 Å². The van der Waals surface area contributed by atoms with Crippen LogP contribution >= 0.6 is 0 Å². The lowest BCUT2D eigenvalue weighted by atomic mass is 9.85. The van der Waals surface area contributed by atoms with E-state index < -0.39 is 0 Å². The third kappa shape index (κ3) is 13.6. The van der Waals surface area contributed by atoms with Gasteiger partial charge in [-0.25, -0.2) is 0 Å². The highest BCUT2D eigenvalue weighted by Crippen LogP contribution is 2.52. The number of rotatable bonds is 11. The second-order valence-electron chi connectivity index (χ2n) is 36.7. The van der Waals surface area contributed by atoms with Gasteiger partial charge in [-0.05, 0) is 281 Å². The molecule has 0 unspecified atom stereocenters. The van der Waals surface area contributed by atoms with Gasteiger partial charge in [0.15, 0.2) is 0 Å². The van der Waals surface area contributed by atoms with Crippen LogP contribution in [0.3, 0.4) is 0 Å². The molecule has 29 rings (SSSR count). The van der Waals surface area contributed by atoms with E-state index in [-0.39, 0.29) is 0 Å². The number of para-hydroxylation sites is 6. The molecule has 0 atom stereocenters. The molecule has 0 N–H and O–H groups in total. The van der Waals surface area contributed by atoms with Gasteiger partial charge >= 0.3 is 0 Å². The summed E-state index contributed by atoms with van der Waals surface area (Å²) in [6, 6.07) is 167. The summed E-state index contributed by atoms with van der Waals surface area (Å²) in [5.41, 5.74) is 31.0. The fourth-order valence-corrected chi connectivity index (χ4v) is 23.2. The Hall–Kier alpha value is -18.6. The molecule has 7 nitrogen and oxygen atoms in total. The van der Waals surface area contributed by atoms with E-state index in [1.807, 2.05) is 61.4 Å². The van der Waals surface area contributed by atoms with E-state index in [9.17, 15) is 0 Å². The van der Waals surface area contributed by atoms with Crippen molar-refractivity contribution in [2.45, 2.75) is 13.5 Å².